The summed E-state index contributed by atoms with van der Waals surface area (Å²) in [6.07, 6.45) is 0.310. The Labute approximate surface area is 57.7 Å². The van der Waals surface area contributed by atoms with Crippen molar-refractivity contribution in [3.8, 4) is 0 Å². The van der Waals surface area contributed by atoms with Crippen LogP contribution in [0.5, 0.6) is 0 Å². The van der Waals surface area contributed by atoms with Crippen molar-refractivity contribution < 1.29 is 9.59 Å². The first-order valence-electron chi connectivity index (χ1n) is 2.95. The van der Waals surface area contributed by atoms with Crippen LogP contribution in [0.1, 0.15) is 6.42 Å². The molecule has 1 aliphatic rings. The number of hydrogen-bond acceptors (Lipinski definition) is 3. The van der Waals surface area contributed by atoms with Crippen molar-refractivity contribution in [1.82, 2.24) is 5.32 Å². The lowest BCUT2D eigenvalue weighted by Crippen LogP contribution is -2.61. The van der Waals surface area contributed by atoms with Crippen molar-refractivity contribution in [2.45, 2.75) is 18.5 Å². The molecule has 1 rings (SSSR count). The van der Waals surface area contributed by atoms with Crippen molar-refractivity contribution in [2.24, 2.45) is 11.5 Å². The fraction of sp³-hybridized carbons (Fsp3) is 0.600. The van der Waals surface area contributed by atoms with Gasteiger partial charge in [0.15, 0.2) is 0 Å². The molecule has 0 spiro atoms. The zero-order chi connectivity index (χ0) is 7.72. The molecule has 0 bridgehead atoms. The molecule has 1 aliphatic heterocycles. The lowest BCUT2D eigenvalue weighted by molar-refractivity contribution is -0.130. The average molecular weight is 143 g/mol. The van der Waals surface area contributed by atoms with Gasteiger partial charge in [0.05, 0.1) is 6.04 Å². The number of nitrogens with one attached hydrogen (secondary N) is 1. The van der Waals surface area contributed by atoms with Gasteiger partial charge in [0.2, 0.25) is 11.8 Å². The van der Waals surface area contributed by atoms with Crippen LogP contribution in [0.4, 0.5) is 0 Å². The molecule has 0 radical (unpaired) electrons. The van der Waals surface area contributed by atoms with Crippen molar-refractivity contribution >= 4 is 11.8 Å². The van der Waals surface area contributed by atoms with Crippen LogP contribution in [0, 0.1) is 0 Å². The average Bonchev–Trinajstić information content (AvgIpc) is 1.79. The number of hydrogen-bond donors (Lipinski definition) is 3. The SMILES string of the molecule is NC(=O)C(N)C1CC(=O)N1. The molecular weight excluding hydrogens is 134 g/mol. The summed E-state index contributed by atoms with van der Waals surface area (Å²) in [4.78, 5) is 20.7. The second-order valence-corrected chi connectivity index (χ2v) is 2.31. The van der Waals surface area contributed by atoms with Gasteiger partial charge in [0, 0.05) is 6.42 Å². The van der Waals surface area contributed by atoms with Crippen LogP contribution in [0.3, 0.4) is 0 Å². The first-order valence-corrected chi connectivity index (χ1v) is 2.95. The first kappa shape index (κ1) is 7.01. The Balaban J connectivity index is 2.37. The molecule has 5 heteroatoms. The third-order valence-corrected chi connectivity index (χ3v) is 1.51. The van der Waals surface area contributed by atoms with E-state index in [1.54, 1.807) is 0 Å². The van der Waals surface area contributed by atoms with Gasteiger partial charge >= 0.3 is 0 Å². The third kappa shape index (κ3) is 1.08. The van der Waals surface area contributed by atoms with Crippen molar-refractivity contribution in [3.63, 3.8) is 0 Å². The number of primary amides is 1. The Hall–Kier alpha value is -1.10. The predicted octanol–water partition coefficient (Wildman–Crippen LogP) is -2.31. The molecule has 56 valence electrons. The maximum Gasteiger partial charge on any atom is 0.236 e. The van der Waals surface area contributed by atoms with E-state index in [1.807, 2.05) is 0 Å². The molecule has 0 aliphatic carbocycles. The summed E-state index contributed by atoms with van der Waals surface area (Å²) >= 11 is 0. The highest BCUT2D eigenvalue weighted by Gasteiger charge is 2.33. The molecular formula is C5H9N3O2. The van der Waals surface area contributed by atoms with Crippen molar-refractivity contribution in [2.75, 3.05) is 0 Å². The van der Waals surface area contributed by atoms with Gasteiger partial charge in [-0.3, -0.25) is 9.59 Å². The predicted molar refractivity (Wildman–Crippen MR) is 33.7 cm³/mol. The molecule has 0 aromatic heterocycles. The molecule has 5 N–H and O–H groups in total. The van der Waals surface area contributed by atoms with Gasteiger partial charge < -0.3 is 16.8 Å². The zero-order valence-corrected chi connectivity index (χ0v) is 5.33. The summed E-state index contributed by atoms with van der Waals surface area (Å²) in [5.41, 5.74) is 10.2. The summed E-state index contributed by atoms with van der Waals surface area (Å²) in [5.74, 6) is -0.660. The Bertz CT molecular complexity index is 172. The molecule has 2 unspecified atom stereocenters. The van der Waals surface area contributed by atoms with E-state index in [-0.39, 0.29) is 11.9 Å². The monoisotopic (exact) mass is 143 g/mol. The minimum absolute atomic E-state index is 0.0818. The van der Waals surface area contributed by atoms with E-state index in [1.165, 1.54) is 0 Å². The molecule has 2 amide bonds. The zero-order valence-electron chi connectivity index (χ0n) is 5.33. The van der Waals surface area contributed by atoms with E-state index >= 15 is 0 Å². The molecule has 0 saturated carbocycles. The van der Waals surface area contributed by atoms with Gasteiger partial charge in [0.1, 0.15) is 6.04 Å². The van der Waals surface area contributed by atoms with Crippen LogP contribution in [0.2, 0.25) is 0 Å². The van der Waals surface area contributed by atoms with E-state index in [9.17, 15) is 9.59 Å². The molecule has 0 aromatic carbocycles. The highest BCUT2D eigenvalue weighted by molar-refractivity contribution is 5.88. The number of amides is 2. The van der Waals surface area contributed by atoms with Gasteiger partial charge in [-0.25, -0.2) is 0 Å². The largest absolute Gasteiger partial charge is 0.368 e. The fourth-order valence-electron chi connectivity index (χ4n) is 0.800. The van der Waals surface area contributed by atoms with E-state index in [0.717, 1.165) is 0 Å². The molecule has 1 saturated heterocycles. The molecule has 1 heterocycles. The second-order valence-electron chi connectivity index (χ2n) is 2.31. The van der Waals surface area contributed by atoms with E-state index in [0.29, 0.717) is 6.42 Å². The van der Waals surface area contributed by atoms with Gasteiger partial charge in [0.25, 0.3) is 0 Å². The number of nitrogens with two attached hydrogens (primary N) is 2. The Morgan fingerprint density at radius 3 is 2.60 bits per heavy atom. The fourth-order valence-corrected chi connectivity index (χ4v) is 0.800. The quantitative estimate of drug-likeness (QED) is 0.379. The Kier molecular flexibility index (Phi) is 1.58. The molecule has 1 fully saturated rings. The standard InChI is InChI=1S/C5H9N3O2/c6-4(5(7)10)2-1-3(9)8-2/h2,4H,1,6H2,(H2,7,10)(H,8,9). The maximum absolute atomic E-state index is 10.4. The van der Waals surface area contributed by atoms with Crippen LogP contribution < -0.4 is 16.8 Å². The lowest BCUT2D eigenvalue weighted by atomic mass is 9.98. The maximum atomic E-state index is 10.4. The smallest absolute Gasteiger partial charge is 0.236 e. The van der Waals surface area contributed by atoms with Crippen molar-refractivity contribution in [3.05, 3.63) is 0 Å². The van der Waals surface area contributed by atoms with Crippen LogP contribution in [0.15, 0.2) is 0 Å². The van der Waals surface area contributed by atoms with Gasteiger partial charge in [-0.2, -0.15) is 0 Å². The normalized spacial score (nSPS) is 26.5. The number of carbonyl (C=O) groups is 2. The highest BCUT2D eigenvalue weighted by Crippen LogP contribution is 2.06. The molecule has 2 atom stereocenters. The molecule has 10 heavy (non-hydrogen) atoms. The van der Waals surface area contributed by atoms with E-state index < -0.39 is 11.9 Å². The number of carbonyl (C=O) groups excluding carboxylic acids is 2. The van der Waals surface area contributed by atoms with Gasteiger partial charge in [-0.1, -0.05) is 0 Å². The van der Waals surface area contributed by atoms with Crippen LogP contribution in [-0.2, 0) is 9.59 Å². The lowest BCUT2D eigenvalue weighted by Gasteiger charge is -2.29. The highest BCUT2D eigenvalue weighted by atomic mass is 16.2. The third-order valence-electron chi connectivity index (χ3n) is 1.51. The summed E-state index contributed by atoms with van der Waals surface area (Å²) in [6.45, 7) is 0. The Morgan fingerprint density at radius 1 is 1.80 bits per heavy atom. The number of rotatable bonds is 2. The second kappa shape index (κ2) is 2.26. The summed E-state index contributed by atoms with van der Waals surface area (Å²) < 4.78 is 0. The Morgan fingerprint density at radius 2 is 2.30 bits per heavy atom. The van der Waals surface area contributed by atoms with E-state index in [2.05, 4.69) is 5.32 Å². The molecule has 0 aromatic rings. The van der Waals surface area contributed by atoms with E-state index in [4.69, 9.17) is 11.5 Å². The van der Waals surface area contributed by atoms with Crippen molar-refractivity contribution in [1.29, 1.82) is 0 Å². The number of β-lactam (4-membered cyclic amide) rings is 1. The summed E-state index contributed by atoms with van der Waals surface area (Å²) in [6, 6.07) is -0.984. The van der Waals surface area contributed by atoms with Crippen LogP contribution in [0.25, 0.3) is 0 Å². The minimum Gasteiger partial charge on any atom is -0.368 e. The topological polar surface area (TPSA) is 98.2 Å². The first-order chi connectivity index (χ1) is 4.61. The van der Waals surface area contributed by atoms with Gasteiger partial charge in [-0.05, 0) is 0 Å². The van der Waals surface area contributed by atoms with Gasteiger partial charge in [-0.15, -0.1) is 0 Å². The summed E-state index contributed by atoms with van der Waals surface area (Å²) in [5, 5.41) is 2.46. The van der Waals surface area contributed by atoms with Crippen LogP contribution in [-0.4, -0.2) is 23.9 Å². The summed E-state index contributed by atoms with van der Waals surface area (Å²) in [7, 11) is 0. The van der Waals surface area contributed by atoms with Crippen LogP contribution >= 0.6 is 0 Å². The minimum atomic E-state index is -0.738. The molecule has 5 nitrogen and oxygen atoms in total.